The number of amides is 1. The summed E-state index contributed by atoms with van der Waals surface area (Å²) in [5.41, 5.74) is 1.75. The molecule has 1 unspecified atom stereocenters. The van der Waals surface area contributed by atoms with Gasteiger partial charge in [-0.15, -0.1) is 0 Å². The van der Waals surface area contributed by atoms with Crippen LogP contribution < -0.4 is 4.90 Å². The minimum atomic E-state index is -1.73. The Morgan fingerprint density at radius 2 is 1.89 bits per heavy atom. The fourth-order valence-corrected chi connectivity index (χ4v) is 4.85. The zero-order chi connectivity index (χ0) is 19.3. The molecule has 5 rings (SSSR count). The summed E-state index contributed by atoms with van der Waals surface area (Å²) in [6.07, 6.45) is 4.38. The summed E-state index contributed by atoms with van der Waals surface area (Å²) in [5, 5.41) is 12.6. The maximum Gasteiger partial charge on any atom is 0.264 e. The fraction of sp³-hybridized carbons (Fsp3) is 0.304. The summed E-state index contributed by atoms with van der Waals surface area (Å²) < 4.78 is 0. The van der Waals surface area contributed by atoms with Crippen molar-refractivity contribution in [2.75, 3.05) is 11.4 Å². The Bertz CT molecular complexity index is 1090. The van der Waals surface area contributed by atoms with E-state index in [0.29, 0.717) is 31.4 Å². The Labute approximate surface area is 163 Å². The van der Waals surface area contributed by atoms with Crippen LogP contribution in [-0.4, -0.2) is 28.3 Å². The Balaban J connectivity index is 1.48. The Morgan fingerprint density at radius 3 is 2.71 bits per heavy atom. The topological polar surface area (TPSA) is 73.4 Å². The molecule has 2 atom stereocenters. The number of aromatic nitrogens is 1. The first kappa shape index (κ1) is 17.2. The molecule has 2 N–H and O–H groups in total. The number of benzene rings is 2. The number of para-hydroxylation sites is 2. The molecule has 0 bridgehead atoms. The second-order valence-electron chi connectivity index (χ2n) is 7.76. The quantitative estimate of drug-likeness (QED) is 0.736. The third-order valence-electron chi connectivity index (χ3n) is 6.27. The maximum atomic E-state index is 13.4. The summed E-state index contributed by atoms with van der Waals surface area (Å²) >= 11 is 0. The van der Waals surface area contributed by atoms with Crippen molar-refractivity contribution in [2.24, 2.45) is 5.92 Å². The zero-order valence-corrected chi connectivity index (χ0v) is 15.5. The Morgan fingerprint density at radius 1 is 1.11 bits per heavy atom. The molecular weight excluding hydrogens is 352 g/mol. The second-order valence-corrected chi connectivity index (χ2v) is 7.76. The third-order valence-corrected chi connectivity index (χ3v) is 6.27. The standard InChI is InChI=1S/C23H22N2O3/c26-21-11-5-8-18(21)23(28)17-7-2-4-10-20(17)25(22(23)27)13-12-15-14-24-19-9-3-1-6-16(15)19/h1-4,6-7,9-10,14,18,24,28H,5,8,11-13H2/t18-,23?/m0/s1. The average molecular weight is 374 g/mol. The first-order valence-corrected chi connectivity index (χ1v) is 9.82. The van der Waals surface area contributed by atoms with Crippen LogP contribution in [0.2, 0.25) is 0 Å². The molecule has 3 aromatic rings. The van der Waals surface area contributed by atoms with Crippen LogP contribution in [0, 0.1) is 5.92 Å². The number of H-pyrrole nitrogens is 1. The van der Waals surface area contributed by atoms with Crippen molar-refractivity contribution < 1.29 is 14.7 Å². The molecule has 5 heteroatoms. The van der Waals surface area contributed by atoms with Gasteiger partial charge in [0.25, 0.3) is 5.91 Å². The first-order chi connectivity index (χ1) is 13.6. The fourth-order valence-electron chi connectivity index (χ4n) is 4.85. The van der Waals surface area contributed by atoms with E-state index in [2.05, 4.69) is 11.1 Å². The lowest BCUT2D eigenvalue weighted by Gasteiger charge is -2.28. The normalized spacial score (nSPS) is 24.3. The molecule has 2 heterocycles. The van der Waals surface area contributed by atoms with Crippen LogP contribution in [0.15, 0.2) is 54.7 Å². The van der Waals surface area contributed by atoms with Crippen molar-refractivity contribution in [3.63, 3.8) is 0 Å². The molecule has 28 heavy (non-hydrogen) atoms. The molecule has 1 aromatic heterocycles. The van der Waals surface area contributed by atoms with Crippen LogP contribution in [-0.2, 0) is 21.6 Å². The number of hydrogen-bond donors (Lipinski definition) is 2. The van der Waals surface area contributed by atoms with Crippen LogP contribution in [0.4, 0.5) is 5.69 Å². The van der Waals surface area contributed by atoms with E-state index < -0.39 is 11.5 Å². The van der Waals surface area contributed by atoms with Gasteiger partial charge in [-0.2, -0.15) is 0 Å². The Kier molecular flexibility index (Phi) is 3.88. The highest BCUT2D eigenvalue weighted by atomic mass is 16.3. The van der Waals surface area contributed by atoms with E-state index in [1.165, 1.54) is 0 Å². The van der Waals surface area contributed by atoms with E-state index in [0.717, 1.165) is 28.6 Å². The number of Topliss-reactive ketones (excluding diaryl/α,β-unsaturated/α-hetero) is 1. The number of rotatable bonds is 4. The number of carbonyl (C=O) groups is 2. The van der Waals surface area contributed by atoms with Gasteiger partial charge in [-0.3, -0.25) is 9.59 Å². The molecule has 2 aromatic carbocycles. The summed E-state index contributed by atoms with van der Waals surface area (Å²) in [4.78, 5) is 30.7. The molecule has 0 saturated heterocycles. The number of carbonyl (C=O) groups excluding carboxylic acids is 2. The number of ketones is 1. The van der Waals surface area contributed by atoms with E-state index in [-0.39, 0.29) is 11.7 Å². The van der Waals surface area contributed by atoms with Gasteiger partial charge in [-0.25, -0.2) is 0 Å². The number of aliphatic hydroxyl groups is 1. The largest absolute Gasteiger partial charge is 0.375 e. The first-order valence-electron chi connectivity index (χ1n) is 9.82. The Hall–Kier alpha value is -2.92. The van der Waals surface area contributed by atoms with Gasteiger partial charge in [0.2, 0.25) is 0 Å². The van der Waals surface area contributed by atoms with Crippen molar-refractivity contribution >= 4 is 28.3 Å². The van der Waals surface area contributed by atoms with Gasteiger partial charge in [0.05, 0.1) is 11.6 Å². The molecular formula is C23H22N2O3. The van der Waals surface area contributed by atoms with Crippen LogP contribution in [0.1, 0.15) is 30.4 Å². The van der Waals surface area contributed by atoms with Crippen LogP contribution in [0.25, 0.3) is 10.9 Å². The van der Waals surface area contributed by atoms with E-state index in [9.17, 15) is 14.7 Å². The molecule has 1 amide bonds. The van der Waals surface area contributed by atoms with Crippen molar-refractivity contribution in [3.05, 3.63) is 65.9 Å². The molecule has 0 spiro atoms. The third kappa shape index (κ3) is 2.36. The lowest BCUT2D eigenvalue weighted by atomic mass is 9.80. The second kappa shape index (κ2) is 6.31. The van der Waals surface area contributed by atoms with Crippen LogP contribution >= 0.6 is 0 Å². The number of hydrogen-bond acceptors (Lipinski definition) is 3. The zero-order valence-electron chi connectivity index (χ0n) is 15.5. The van der Waals surface area contributed by atoms with Gasteiger partial charge in [-0.05, 0) is 37.0 Å². The predicted molar refractivity (Wildman–Crippen MR) is 107 cm³/mol. The van der Waals surface area contributed by atoms with E-state index in [1.54, 1.807) is 11.0 Å². The number of nitrogens with zero attached hydrogens (tertiary/aromatic N) is 1. The van der Waals surface area contributed by atoms with E-state index >= 15 is 0 Å². The molecule has 1 aliphatic carbocycles. The SMILES string of the molecule is O=C1CCC[C@@H]1C1(O)C(=O)N(CCc2c[nH]c3ccccc23)c2ccccc21. The van der Waals surface area contributed by atoms with Crippen molar-refractivity contribution in [1.82, 2.24) is 4.98 Å². The number of nitrogens with one attached hydrogen (secondary N) is 1. The summed E-state index contributed by atoms with van der Waals surface area (Å²) in [6.45, 7) is 0.459. The molecule has 142 valence electrons. The van der Waals surface area contributed by atoms with Crippen LogP contribution in [0.5, 0.6) is 0 Å². The molecule has 1 fully saturated rings. The van der Waals surface area contributed by atoms with Gasteiger partial charge >= 0.3 is 0 Å². The maximum absolute atomic E-state index is 13.4. The molecule has 0 radical (unpaired) electrons. The lowest BCUT2D eigenvalue weighted by Crippen LogP contribution is -2.47. The molecule has 1 aliphatic heterocycles. The van der Waals surface area contributed by atoms with Crippen LogP contribution in [0.3, 0.4) is 0 Å². The molecule has 1 saturated carbocycles. The van der Waals surface area contributed by atoms with E-state index in [4.69, 9.17) is 0 Å². The number of fused-ring (bicyclic) bond motifs is 2. The lowest BCUT2D eigenvalue weighted by molar-refractivity contribution is -0.148. The summed E-state index contributed by atoms with van der Waals surface area (Å²) in [7, 11) is 0. The van der Waals surface area contributed by atoms with Gasteiger partial charge in [0.1, 0.15) is 5.78 Å². The highest BCUT2D eigenvalue weighted by molar-refractivity contribution is 6.09. The monoisotopic (exact) mass is 374 g/mol. The number of aromatic amines is 1. The smallest absolute Gasteiger partial charge is 0.264 e. The summed E-state index contributed by atoms with van der Waals surface area (Å²) in [6, 6.07) is 15.4. The average Bonchev–Trinajstić information content (AvgIpc) is 3.39. The van der Waals surface area contributed by atoms with E-state index in [1.807, 2.05) is 42.6 Å². The minimum Gasteiger partial charge on any atom is -0.375 e. The minimum absolute atomic E-state index is 0.0101. The van der Waals surface area contributed by atoms with Gasteiger partial charge in [0, 0.05) is 35.6 Å². The number of anilines is 1. The van der Waals surface area contributed by atoms with Gasteiger partial charge < -0.3 is 15.0 Å². The highest BCUT2D eigenvalue weighted by Crippen LogP contribution is 2.48. The predicted octanol–water partition coefficient (Wildman–Crippen LogP) is 3.31. The van der Waals surface area contributed by atoms with Crippen molar-refractivity contribution in [3.8, 4) is 0 Å². The van der Waals surface area contributed by atoms with Gasteiger partial charge in [-0.1, -0.05) is 36.4 Å². The summed E-state index contributed by atoms with van der Waals surface area (Å²) in [5.74, 6) is -1.02. The molecule has 5 nitrogen and oxygen atoms in total. The molecule has 2 aliphatic rings. The van der Waals surface area contributed by atoms with Gasteiger partial charge in [0.15, 0.2) is 5.60 Å². The van der Waals surface area contributed by atoms with Crippen molar-refractivity contribution in [2.45, 2.75) is 31.3 Å². The van der Waals surface area contributed by atoms with Crippen molar-refractivity contribution in [1.29, 1.82) is 0 Å². The highest BCUT2D eigenvalue weighted by Gasteiger charge is 2.57.